The highest BCUT2D eigenvalue weighted by molar-refractivity contribution is 7.13. The molecule has 0 atom stereocenters. The van der Waals surface area contributed by atoms with Gasteiger partial charge in [0.25, 0.3) is 0 Å². The van der Waals surface area contributed by atoms with E-state index in [0.717, 1.165) is 5.56 Å². The molecule has 1 aromatic heterocycles. The monoisotopic (exact) mass is 256 g/mol. The first-order valence-electron chi connectivity index (χ1n) is 3.73. The van der Waals surface area contributed by atoms with Crippen LogP contribution in [0.4, 0.5) is 0 Å². The van der Waals surface area contributed by atoms with Gasteiger partial charge in [-0.05, 0) is 35.6 Å². The summed E-state index contributed by atoms with van der Waals surface area (Å²) in [6.45, 7) is 0. The van der Waals surface area contributed by atoms with E-state index in [0.29, 0.717) is 5.75 Å². The lowest BCUT2D eigenvalue weighted by Crippen LogP contribution is -3.00. The minimum absolute atomic E-state index is 0. The van der Waals surface area contributed by atoms with E-state index in [-0.39, 0.29) is 17.0 Å². The topological polar surface area (TPSA) is 20.2 Å². The van der Waals surface area contributed by atoms with Crippen LogP contribution in [0.3, 0.4) is 0 Å². The lowest BCUT2D eigenvalue weighted by molar-refractivity contribution is -0.00000333. The second-order valence-corrected chi connectivity index (χ2v) is 3.61. The van der Waals surface area contributed by atoms with E-state index in [4.69, 9.17) is 0 Å². The number of thiophene rings is 1. The number of hydrogen-bond acceptors (Lipinski definition) is 1. The van der Waals surface area contributed by atoms with Crippen molar-refractivity contribution in [3.05, 3.63) is 41.8 Å². The molecule has 0 saturated heterocycles. The SMILES string of the molecule is Oc1cccc(-c2ccc[sH+]2)c1.[Br-]. The molecule has 1 aromatic carbocycles. The first-order valence-corrected chi connectivity index (χ1v) is 4.70. The number of phenols is 1. The number of rotatable bonds is 1. The molecule has 2 rings (SSSR count). The smallest absolute Gasteiger partial charge is 0.178 e. The molecular weight excluding hydrogens is 248 g/mol. The Balaban J connectivity index is 0.000000845. The Morgan fingerprint density at radius 3 is 2.54 bits per heavy atom. The van der Waals surface area contributed by atoms with Crippen LogP contribution >= 0.6 is 11.3 Å². The van der Waals surface area contributed by atoms with E-state index in [1.165, 1.54) is 16.2 Å². The zero-order valence-electron chi connectivity index (χ0n) is 6.81. The highest BCUT2D eigenvalue weighted by Gasteiger charge is 2.03. The molecular formula is C10H9BrOS. The van der Waals surface area contributed by atoms with Crippen LogP contribution in [0.25, 0.3) is 10.4 Å². The summed E-state index contributed by atoms with van der Waals surface area (Å²) in [5.74, 6) is 0.329. The van der Waals surface area contributed by atoms with Gasteiger partial charge in [-0.25, -0.2) is 0 Å². The quantitative estimate of drug-likeness (QED) is 0.705. The Morgan fingerprint density at radius 1 is 1.08 bits per heavy atom. The van der Waals surface area contributed by atoms with Gasteiger partial charge in [0, 0.05) is 11.6 Å². The molecule has 0 aliphatic heterocycles. The molecule has 1 nitrogen and oxygen atoms in total. The number of benzene rings is 1. The average molecular weight is 257 g/mol. The second kappa shape index (κ2) is 4.44. The Kier molecular flexibility index (Phi) is 3.51. The fraction of sp³-hybridized carbons (Fsp3) is 0. The van der Waals surface area contributed by atoms with Crippen molar-refractivity contribution in [1.29, 1.82) is 0 Å². The van der Waals surface area contributed by atoms with Gasteiger partial charge in [0.05, 0.1) is 0 Å². The van der Waals surface area contributed by atoms with E-state index in [9.17, 15) is 5.11 Å². The minimum atomic E-state index is 0. The number of halogens is 1. The number of hydrogen-bond donors (Lipinski definition) is 1. The van der Waals surface area contributed by atoms with Crippen molar-refractivity contribution in [1.82, 2.24) is 0 Å². The van der Waals surface area contributed by atoms with Crippen molar-refractivity contribution in [2.45, 2.75) is 0 Å². The molecule has 0 spiro atoms. The van der Waals surface area contributed by atoms with Gasteiger partial charge in [-0.1, -0.05) is 6.07 Å². The van der Waals surface area contributed by atoms with Gasteiger partial charge < -0.3 is 22.1 Å². The fourth-order valence-electron chi connectivity index (χ4n) is 1.14. The molecule has 0 aliphatic carbocycles. The number of aromatic hydroxyl groups is 1. The first kappa shape index (κ1) is 10.3. The fourth-order valence-corrected chi connectivity index (χ4v) is 1.93. The molecule has 68 valence electrons. The third-order valence-electron chi connectivity index (χ3n) is 1.70. The maximum Gasteiger partial charge on any atom is 0.178 e. The van der Waals surface area contributed by atoms with Crippen LogP contribution in [-0.4, -0.2) is 5.11 Å². The van der Waals surface area contributed by atoms with E-state index in [1.54, 1.807) is 12.1 Å². The molecule has 1 N–H and O–H groups in total. The summed E-state index contributed by atoms with van der Waals surface area (Å²) in [5.41, 5.74) is 1.10. The van der Waals surface area contributed by atoms with Gasteiger partial charge in [-0.3, -0.25) is 0 Å². The summed E-state index contributed by atoms with van der Waals surface area (Å²) in [7, 11) is 0. The molecule has 2 aromatic rings. The van der Waals surface area contributed by atoms with Crippen LogP contribution in [0.2, 0.25) is 0 Å². The highest BCUT2D eigenvalue weighted by atomic mass is 79.9. The van der Waals surface area contributed by atoms with Gasteiger partial charge in [0.2, 0.25) is 0 Å². The van der Waals surface area contributed by atoms with Crippen molar-refractivity contribution in [3.8, 4) is 16.2 Å². The summed E-state index contributed by atoms with van der Waals surface area (Å²) < 4.78 is 0. The summed E-state index contributed by atoms with van der Waals surface area (Å²) in [6, 6.07) is 11.4. The Bertz CT molecular complexity index is 370. The second-order valence-electron chi connectivity index (χ2n) is 2.57. The van der Waals surface area contributed by atoms with Crippen molar-refractivity contribution in [2.75, 3.05) is 0 Å². The molecule has 3 heteroatoms. The predicted octanol–water partition coefficient (Wildman–Crippen LogP) is -0.143. The molecule has 0 bridgehead atoms. The van der Waals surface area contributed by atoms with Crippen LogP contribution < -0.4 is 17.0 Å². The van der Waals surface area contributed by atoms with E-state index in [1.807, 2.05) is 18.2 Å². The van der Waals surface area contributed by atoms with Crippen LogP contribution in [-0.2, 0) is 0 Å². The van der Waals surface area contributed by atoms with Crippen molar-refractivity contribution in [2.24, 2.45) is 0 Å². The molecule has 0 fully saturated rings. The number of phenolic OH excluding ortho intramolecular Hbond substituents is 1. The van der Waals surface area contributed by atoms with Crippen LogP contribution in [0, 0.1) is 0 Å². The van der Waals surface area contributed by atoms with E-state index >= 15 is 0 Å². The lowest BCUT2D eigenvalue weighted by atomic mass is 10.2. The third-order valence-corrected chi connectivity index (χ3v) is 2.70. The molecule has 0 amide bonds. The Hall–Kier alpha value is -0.800. The Morgan fingerprint density at radius 2 is 1.92 bits per heavy atom. The maximum atomic E-state index is 9.22. The predicted molar refractivity (Wildman–Crippen MR) is 52.8 cm³/mol. The van der Waals surface area contributed by atoms with Crippen LogP contribution in [0.15, 0.2) is 41.8 Å². The van der Waals surface area contributed by atoms with Gasteiger partial charge in [-0.15, -0.1) is 0 Å². The van der Waals surface area contributed by atoms with Gasteiger partial charge in [-0.2, -0.15) is 0 Å². The minimum Gasteiger partial charge on any atom is -1.00 e. The largest absolute Gasteiger partial charge is 1.00 e. The summed E-state index contributed by atoms with van der Waals surface area (Å²) in [5, 5.41) is 11.3. The van der Waals surface area contributed by atoms with Crippen molar-refractivity contribution in [3.63, 3.8) is 0 Å². The normalized spacial score (nSPS) is 9.23. The summed E-state index contributed by atoms with van der Waals surface area (Å²) in [6.07, 6.45) is 0. The van der Waals surface area contributed by atoms with Crippen molar-refractivity contribution >= 4 is 11.3 Å². The first-order chi connectivity index (χ1) is 5.86. The molecule has 0 aliphatic rings. The zero-order valence-corrected chi connectivity index (χ0v) is 9.29. The van der Waals surface area contributed by atoms with E-state index in [2.05, 4.69) is 11.4 Å². The van der Waals surface area contributed by atoms with Gasteiger partial charge in [0.1, 0.15) is 11.1 Å². The Labute approximate surface area is 91.4 Å². The average Bonchev–Trinajstić information content (AvgIpc) is 2.56. The van der Waals surface area contributed by atoms with Crippen LogP contribution in [0.1, 0.15) is 0 Å². The highest BCUT2D eigenvalue weighted by Crippen LogP contribution is 2.26. The lowest BCUT2D eigenvalue weighted by Gasteiger charge is -1.92. The van der Waals surface area contributed by atoms with Crippen molar-refractivity contribution < 1.29 is 22.1 Å². The zero-order chi connectivity index (χ0) is 8.39. The van der Waals surface area contributed by atoms with Gasteiger partial charge >= 0.3 is 0 Å². The van der Waals surface area contributed by atoms with E-state index < -0.39 is 0 Å². The summed E-state index contributed by atoms with van der Waals surface area (Å²) in [4.78, 5) is 1.24. The molecule has 0 saturated carbocycles. The molecule has 1 heterocycles. The summed E-state index contributed by atoms with van der Waals surface area (Å²) >= 11 is 1.21. The molecule has 0 radical (unpaired) electrons. The maximum absolute atomic E-state index is 9.22. The van der Waals surface area contributed by atoms with Crippen LogP contribution in [0.5, 0.6) is 5.75 Å². The molecule has 13 heavy (non-hydrogen) atoms. The molecule has 0 unspecified atom stereocenters. The standard InChI is InChI=1S/C10H8OS.BrH/c11-9-4-1-3-8(7-9)10-5-2-6-12-10;/h1-7,11H;1H. The van der Waals surface area contributed by atoms with Gasteiger partial charge in [0.15, 0.2) is 4.88 Å². The third kappa shape index (κ3) is 2.32.